The Balaban J connectivity index is 2.63. The highest BCUT2D eigenvalue weighted by Crippen LogP contribution is 2.26. The van der Waals surface area contributed by atoms with Crippen LogP contribution in [0.25, 0.3) is 0 Å². The molecule has 0 aliphatic rings. The van der Waals surface area contributed by atoms with Crippen molar-refractivity contribution in [2.24, 2.45) is 11.1 Å². The van der Waals surface area contributed by atoms with E-state index in [2.05, 4.69) is 25.8 Å². The van der Waals surface area contributed by atoms with Crippen LogP contribution in [0.4, 0.5) is 4.39 Å². The molecule has 0 aliphatic heterocycles. The fraction of sp³-hybridized carbons (Fsp3) is 0.600. The molecule has 3 heteroatoms. The molecule has 0 saturated carbocycles. The Morgan fingerprint density at radius 3 is 2.44 bits per heavy atom. The molecule has 2 nitrogen and oxygen atoms in total. The lowest BCUT2D eigenvalue weighted by Crippen LogP contribution is -2.40. The van der Waals surface area contributed by atoms with Gasteiger partial charge in [-0.15, -0.1) is 0 Å². The van der Waals surface area contributed by atoms with Crippen LogP contribution >= 0.6 is 0 Å². The molecule has 0 bridgehead atoms. The molecule has 18 heavy (non-hydrogen) atoms. The minimum absolute atomic E-state index is 0.169. The Morgan fingerprint density at radius 2 is 1.94 bits per heavy atom. The van der Waals surface area contributed by atoms with Gasteiger partial charge in [0.05, 0.1) is 0 Å². The van der Waals surface area contributed by atoms with Gasteiger partial charge in [-0.2, -0.15) is 0 Å². The first-order valence-corrected chi connectivity index (χ1v) is 6.68. The van der Waals surface area contributed by atoms with E-state index < -0.39 is 0 Å². The van der Waals surface area contributed by atoms with Gasteiger partial charge in [0, 0.05) is 13.1 Å². The molecule has 0 fully saturated rings. The molecule has 1 aromatic rings. The van der Waals surface area contributed by atoms with Gasteiger partial charge in [-0.3, -0.25) is 0 Å². The molecular formula is C15H25FN2. The van der Waals surface area contributed by atoms with Crippen LogP contribution in [-0.4, -0.2) is 25.0 Å². The van der Waals surface area contributed by atoms with Gasteiger partial charge in [0.2, 0.25) is 0 Å². The summed E-state index contributed by atoms with van der Waals surface area (Å²) in [4.78, 5) is 2.23. The molecule has 0 aliphatic carbocycles. The van der Waals surface area contributed by atoms with Crippen LogP contribution in [0.2, 0.25) is 0 Å². The molecule has 0 heterocycles. The first-order valence-electron chi connectivity index (χ1n) is 6.68. The Kier molecular flexibility index (Phi) is 5.76. The molecule has 0 radical (unpaired) electrons. The summed E-state index contributed by atoms with van der Waals surface area (Å²) in [6.45, 7) is 6.79. The van der Waals surface area contributed by atoms with Crippen molar-refractivity contribution in [1.29, 1.82) is 0 Å². The third kappa shape index (κ3) is 4.07. The van der Waals surface area contributed by atoms with Crippen molar-refractivity contribution in [3.8, 4) is 0 Å². The average molecular weight is 252 g/mol. The Labute approximate surface area is 110 Å². The van der Waals surface area contributed by atoms with E-state index in [0.717, 1.165) is 31.5 Å². The first kappa shape index (κ1) is 15.1. The van der Waals surface area contributed by atoms with E-state index in [4.69, 9.17) is 5.73 Å². The third-order valence-electron chi connectivity index (χ3n) is 3.88. The number of hydrogen-bond acceptors (Lipinski definition) is 2. The smallest absolute Gasteiger partial charge is 0.123 e. The van der Waals surface area contributed by atoms with Crippen LogP contribution < -0.4 is 5.73 Å². The number of benzene rings is 1. The summed E-state index contributed by atoms with van der Waals surface area (Å²) >= 11 is 0. The minimum Gasteiger partial charge on any atom is -0.330 e. The van der Waals surface area contributed by atoms with Crippen LogP contribution in [0.5, 0.6) is 0 Å². The van der Waals surface area contributed by atoms with E-state index in [1.54, 1.807) is 12.1 Å². The monoisotopic (exact) mass is 252 g/mol. The van der Waals surface area contributed by atoms with Gasteiger partial charge in [-0.1, -0.05) is 26.0 Å². The van der Waals surface area contributed by atoms with Gasteiger partial charge in [-0.25, -0.2) is 4.39 Å². The van der Waals surface area contributed by atoms with Crippen LogP contribution in [-0.2, 0) is 6.54 Å². The van der Waals surface area contributed by atoms with Crippen molar-refractivity contribution in [3.63, 3.8) is 0 Å². The number of rotatable bonds is 7. The SMILES string of the molecule is CCC(CC)(CN)CN(C)Cc1cccc(F)c1. The lowest BCUT2D eigenvalue weighted by Gasteiger charge is -2.34. The molecule has 0 spiro atoms. The van der Waals surface area contributed by atoms with Crippen molar-refractivity contribution in [3.05, 3.63) is 35.6 Å². The fourth-order valence-electron chi connectivity index (χ4n) is 2.40. The summed E-state index contributed by atoms with van der Waals surface area (Å²) in [5, 5.41) is 0. The molecule has 0 saturated heterocycles. The second-order valence-corrected chi connectivity index (χ2v) is 5.21. The molecule has 0 aromatic heterocycles. The zero-order valence-electron chi connectivity index (χ0n) is 11.7. The number of hydrogen-bond donors (Lipinski definition) is 1. The highest BCUT2D eigenvalue weighted by atomic mass is 19.1. The van der Waals surface area contributed by atoms with Crippen LogP contribution in [0.3, 0.4) is 0 Å². The van der Waals surface area contributed by atoms with E-state index in [1.165, 1.54) is 6.07 Å². The molecule has 1 aromatic carbocycles. The first-order chi connectivity index (χ1) is 8.55. The molecule has 102 valence electrons. The van der Waals surface area contributed by atoms with E-state index in [1.807, 2.05) is 6.07 Å². The summed E-state index contributed by atoms with van der Waals surface area (Å²) in [6.07, 6.45) is 2.15. The lowest BCUT2D eigenvalue weighted by atomic mass is 9.82. The normalized spacial score (nSPS) is 12.1. The van der Waals surface area contributed by atoms with Crippen LogP contribution in [0.1, 0.15) is 32.3 Å². The zero-order valence-corrected chi connectivity index (χ0v) is 11.7. The van der Waals surface area contributed by atoms with Crippen molar-refractivity contribution < 1.29 is 4.39 Å². The minimum atomic E-state index is -0.169. The molecule has 1 rings (SSSR count). The molecule has 0 amide bonds. The maximum absolute atomic E-state index is 13.1. The standard InChI is InChI=1S/C15H25FN2/c1-4-15(5-2,11-17)12-18(3)10-13-7-6-8-14(16)9-13/h6-9H,4-5,10-12,17H2,1-3H3. The highest BCUT2D eigenvalue weighted by molar-refractivity contribution is 5.16. The molecule has 0 unspecified atom stereocenters. The third-order valence-corrected chi connectivity index (χ3v) is 3.88. The van der Waals surface area contributed by atoms with Crippen molar-refractivity contribution in [2.45, 2.75) is 33.2 Å². The maximum atomic E-state index is 13.1. The number of nitrogens with two attached hydrogens (primary N) is 1. The second-order valence-electron chi connectivity index (χ2n) is 5.21. The Bertz CT molecular complexity index is 353. The van der Waals surface area contributed by atoms with Gasteiger partial charge < -0.3 is 10.6 Å². The summed E-state index contributed by atoms with van der Waals surface area (Å²) in [6, 6.07) is 6.79. The van der Waals surface area contributed by atoms with Crippen LogP contribution in [0.15, 0.2) is 24.3 Å². The quantitative estimate of drug-likeness (QED) is 0.808. The van der Waals surface area contributed by atoms with E-state index in [-0.39, 0.29) is 11.2 Å². The van der Waals surface area contributed by atoms with Gasteiger partial charge in [0.1, 0.15) is 5.82 Å². The average Bonchev–Trinajstić information content (AvgIpc) is 2.36. The van der Waals surface area contributed by atoms with E-state index >= 15 is 0 Å². The van der Waals surface area contributed by atoms with Gasteiger partial charge in [0.15, 0.2) is 0 Å². The highest BCUT2D eigenvalue weighted by Gasteiger charge is 2.25. The number of halogens is 1. The summed E-state index contributed by atoms with van der Waals surface area (Å²) in [7, 11) is 2.07. The fourth-order valence-corrected chi connectivity index (χ4v) is 2.40. The summed E-state index contributed by atoms with van der Waals surface area (Å²) < 4.78 is 13.1. The second kappa shape index (κ2) is 6.86. The van der Waals surface area contributed by atoms with Crippen LogP contribution in [0, 0.1) is 11.2 Å². The largest absolute Gasteiger partial charge is 0.330 e. The lowest BCUT2D eigenvalue weighted by molar-refractivity contribution is 0.162. The predicted octanol–water partition coefficient (Wildman–Crippen LogP) is 3.02. The number of nitrogens with zero attached hydrogens (tertiary/aromatic N) is 1. The van der Waals surface area contributed by atoms with Crippen molar-refractivity contribution in [1.82, 2.24) is 4.90 Å². The molecule has 2 N–H and O–H groups in total. The van der Waals surface area contributed by atoms with Gasteiger partial charge in [0.25, 0.3) is 0 Å². The zero-order chi connectivity index (χ0) is 13.6. The van der Waals surface area contributed by atoms with Crippen molar-refractivity contribution >= 4 is 0 Å². The molecular weight excluding hydrogens is 227 g/mol. The van der Waals surface area contributed by atoms with E-state index in [0.29, 0.717) is 6.54 Å². The summed E-state index contributed by atoms with van der Waals surface area (Å²) in [5.41, 5.74) is 7.10. The van der Waals surface area contributed by atoms with Gasteiger partial charge >= 0.3 is 0 Å². The van der Waals surface area contributed by atoms with E-state index in [9.17, 15) is 4.39 Å². The Morgan fingerprint density at radius 1 is 1.28 bits per heavy atom. The molecule has 0 atom stereocenters. The van der Waals surface area contributed by atoms with Gasteiger partial charge in [-0.05, 0) is 49.5 Å². The topological polar surface area (TPSA) is 29.3 Å². The predicted molar refractivity (Wildman–Crippen MR) is 74.8 cm³/mol. The summed E-state index contributed by atoms with van der Waals surface area (Å²) in [5.74, 6) is -0.169. The maximum Gasteiger partial charge on any atom is 0.123 e. The Hall–Kier alpha value is -0.930. The van der Waals surface area contributed by atoms with Crippen molar-refractivity contribution in [2.75, 3.05) is 20.1 Å².